The summed E-state index contributed by atoms with van der Waals surface area (Å²) in [7, 11) is 5.64. The molecule has 3 aromatic carbocycles. The summed E-state index contributed by atoms with van der Waals surface area (Å²) in [6, 6.07) is 21.3. The molecule has 2 aromatic heterocycles. The largest absolute Gasteiger partial charge is 0.497 e. The Morgan fingerprint density at radius 3 is 2.19 bits per heavy atom. The molecule has 0 aliphatic rings. The first-order valence-electron chi connectivity index (χ1n) is 13.2. The molecule has 0 spiro atoms. The summed E-state index contributed by atoms with van der Waals surface area (Å²) < 4.78 is 34.1. The normalized spacial score (nSPS) is 10.7. The van der Waals surface area contributed by atoms with Crippen molar-refractivity contribution in [1.29, 1.82) is 0 Å². The van der Waals surface area contributed by atoms with Gasteiger partial charge in [0.2, 0.25) is 5.89 Å². The van der Waals surface area contributed by atoms with Crippen molar-refractivity contribution >= 4 is 11.9 Å². The first kappa shape index (κ1) is 28.9. The maximum Gasteiger partial charge on any atom is 0.357 e. The highest BCUT2D eigenvalue weighted by atomic mass is 16.5. The van der Waals surface area contributed by atoms with E-state index in [9.17, 15) is 9.59 Å². The van der Waals surface area contributed by atoms with Crippen molar-refractivity contribution < 1.29 is 37.7 Å². The highest BCUT2D eigenvalue weighted by Crippen LogP contribution is 2.34. The van der Waals surface area contributed by atoms with Gasteiger partial charge in [-0.2, -0.15) is 5.10 Å². The number of hydrogen-bond acceptors (Lipinski definition) is 10. The third-order valence-corrected chi connectivity index (χ3v) is 6.69. The Labute approximate surface area is 247 Å². The van der Waals surface area contributed by atoms with Crippen LogP contribution in [-0.4, -0.2) is 55.1 Å². The number of ether oxygens (including phenoxy) is 5. The lowest BCUT2D eigenvalue weighted by Gasteiger charge is -2.07. The van der Waals surface area contributed by atoms with Crippen LogP contribution < -0.4 is 14.2 Å². The predicted molar refractivity (Wildman–Crippen MR) is 156 cm³/mol. The Kier molecular flexibility index (Phi) is 8.42. The molecule has 0 N–H and O–H groups in total. The molecule has 0 fully saturated rings. The first-order valence-corrected chi connectivity index (χ1v) is 13.2. The molecule has 0 aliphatic carbocycles. The summed E-state index contributed by atoms with van der Waals surface area (Å²) in [5.41, 5.74) is 2.62. The number of carbonyl (C=O) groups is 2. The van der Waals surface area contributed by atoms with Gasteiger partial charge >= 0.3 is 11.9 Å². The zero-order valence-corrected chi connectivity index (χ0v) is 24.2. The molecule has 11 nitrogen and oxygen atoms in total. The fourth-order valence-electron chi connectivity index (χ4n) is 4.48. The van der Waals surface area contributed by atoms with Gasteiger partial charge in [0.25, 0.3) is 0 Å². The Morgan fingerprint density at radius 1 is 0.837 bits per heavy atom. The van der Waals surface area contributed by atoms with E-state index in [2.05, 4.69) is 10.1 Å². The summed E-state index contributed by atoms with van der Waals surface area (Å²) in [4.78, 5) is 30.3. The molecule has 0 saturated carbocycles. The maximum absolute atomic E-state index is 12.9. The van der Waals surface area contributed by atoms with Crippen molar-refractivity contribution in [1.82, 2.24) is 14.8 Å². The molecule has 5 rings (SSSR count). The fourth-order valence-corrected chi connectivity index (χ4v) is 4.48. The smallest absolute Gasteiger partial charge is 0.357 e. The molecule has 0 amide bonds. The molecule has 0 unspecified atom stereocenters. The van der Waals surface area contributed by atoms with Gasteiger partial charge in [0, 0.05) is 5.56 Å². The molecule has 0 bridgehead atoms. The number of benzene rings is 3. The van der Waals surface area contributed by atoms with Crippen molar-refractivity contribution in [3.8, 4) is 45.6 Å². The van der Waals surface area contributed by atoms with Crippen molar-refractivity contribution in [2.24, 2.45) is 0 Å². The van der Waals surface area contributed by atoms with E-state index in [0.717, 1.165) is 0 Å². The topological polar surface area (TPSA) is 124 Å². The highest BCUT2D eigenvalue weighted by Gasteiger charge is 2.31. The first-order chi connectivity index (χ1) is 20.9. The zero-order chi connectivity index (χ0) is 30.5. The van der Waals surface area contributed by atoms with Gasteiger partial charge in [-0.15, -0.1) is 0 Å². The minimum absolute atomic E-state index is 0.00871. The number of hydrogen-bond donors (Lipinski definition) is 0. The van der Waals surface area contributed by atoms with Gasteiger partial charge in [-0.3, -0.25) is 0 Å². The summed E-state index contributed by atoms with van der Waals surface area (Å²) in [5.74, 6) is 1.32. The maximum atomic E-state index is 12.9. The number of para-hydroxylation sites is 1. The van der Waals surface area contributed by atoms with Crippen LogP contribution in [0.25, 0.3) is 28.4 Å². The average Bonchev–Trinajstić information content (AvgIpc) is 3.64. The molecule has 11 heteroatoms. The van der Waals surface area contributed by atoms with E-state index in [-0.39, 0.29) is 23.6 Å². The molecular formula is C32H29N3O8. The second-order valence-corrected chi connectivity index (χ2v) is 9.20. The highest BCUT2D eigenvalue weighted by molar-refractivity contribution is 6.06. The minimum Gasteiger partial charge on any atom is -0.497 e. The Hall–Kier alpha value is -5.58. The second-order valence-electron chi connectivity index (χ2n) is 9.20. The van der Waals surface area contributed by atoms with Gasteiger partial charge in [0.1, 0.15) is 46.6 Å². The standard InChI is InChI=1S/C32H29N3O8/c1-19-25(33-30(43-19)24-17-23(38-2)15-16-26(24)39-3)18-42-22-13-11-20(12-14-22)28-27(31(36)40-4)29(32(37)41-5)35(34-28)21-9-7-6-8-10-21/h6-17H,18H2,1-5H3. The van der Waals surface area contributed by atoms with Crippen LogP contribution in [-0.2, 0) is 16.1 Å². The summed E-state index contributed by atoms with van der Waals surface area (Å²) in [5, 5.41) is 4.61. The number of nitrogens with zero attached hydrogens (tertiary/aromatic N) is 3. The van der Waals surface area contributed by atoms with Crippen LogP contribution in [0.1, 0.15) is 32.3 Å². The van der Waals surface area contributed by atoms with E-state index in [1.54, 1.807) is 87.9 Å². The molecule has 0 aliphatic heterocycles. The Balaban J connectivity index is 1.42. The number of aryl methyl sites for hydroxylation is 1. The Morgan fingerprint density at radius 2 is 1.53 bits per heavy atom. The summed E-state index contributed by atoms with van der Waals surface area (Å²) in [6.07, 6.45) is 0. The molecular weight excluding hydrogens is 554 g/mol. The molecule has 0 atom stereocenters. The van der Waals surface area contributed by atoms with E-state index in [1.807, 2.05) is 6.07 Å². The van der Waals surface area contributed by atoms with Gasteiger partial charge in [-0.05, 0) is 61.5 Å². The molecule has 0 saturated heterocycles. The van der Waals surface area contributed by atoms with Crippen molar-refractivity contribution in [2.45, 2.75) is 13.5 Å². The van der Waals surface area contributed by atoms with Gasteiger partial charge in [0.15, 0.2) is 5.69 Å². The third-order valence-electron chi connectivity index (χ3n) is 6.69. The van der Waals surface area contributed by atoms with E-state index >= 15 is 0 Å². The van der Waals surface area contributed by atoms with Gasteiger partial charge in [0.05, 0.1) is 39.7 Å². The predicted octanol–water partition coefficient (Wildman–Crippen LogP) is 5.67. The quantitative estimate of drug-likeness (QED) is 0.190. The zero-order valence-electron chi connectivity index (χ0n) is 24.2. The van der Waals surface area contributed by atoms with Crippen LogP contribution in [0.2, 0.25) is 0 Å². The van der Waals surface area contributed by atoms with E-state index < -0.39 is 11.9 Å². The summed E-state index contributed by atoms with van der Waals surface area (Å²) >= 11 is 0. The van der Waals surface area contributed by atoms with E-state index in [0.29, 0.717) is 51.4 Å². The lowest BCUT2D eigenvalue weighted by molar-refractivity contribution is 0.0549. The number of oxazole rings is 1. The van der Waals surface area contributed by atoms with Crippen LogP contribution in [0.4, 0.5) is 0 Å². The van der Waals surface area contributed by atoms with Gasteiger partial charge in [-0.25, -0.2) is 19.3 Å². The molecule has 220 valence electrons. The number of methoxy groups -OCH3 is 4. The van der Waals surface area contributed by atoms with Crippen molar-refractivity contribution in [3.63, 3.8) is 0 Å². The number of aromatic nitrogens is 3. The number of esters is 2. The lowest BCUT2D eigenvalue weighted by Crippen LogP contribution is -2.15. The lowest BCUT2D eigenvalue weighted by atomic mass is 10.1. The fraction of sp³-hybridized carbons (Fsp3) is 0.188. The van der Waals surface area contributed by atoms with Crippen LogP contribution >= 0.6 is 0 Å². The average molecular weight is 584 g/mol. The van der Waals surface area contributed by atoms with Gasteiger partial charge < -0.3 is 28.1 Å². The number of rotatable bonds is 10. The van der Waals surface area contributed by atoms with E-state index in [4.69, 9.17) is 28.1 Å². The van der Waals surface area contributed by atoms with Gasteiger partial charge in [-0.1, -0.05) is 18.2 Å². The third kappa shape index (κ3) is 5.78. The van der Waals surface area contributed by atoms with Crippen LogP contribution in [0.5, 0.6) is 17.2 Å². The molecule has 2 heterocycles. The van der Waals surface area contributed by atoms with Crippen molar-refractivity contribution in [2.75, 3.05) is 28.4 Å². The molecule has 0 radical (unpaired) electrons. The second kappa shape index (κ2) is 12.5. The SMILES string of the molecule is COC(=O)c1c(-c2ccc(OCc3nc(-c4cc(OC)ccc4OC)oc3C)cc2)nn(-c2ccccc2)c1C(=O)OC. The number of carbonyl (C=O) groups excluding carboxylic acids is 2. The molecule has 5 aromatic rings. The van der Waals surface area contributed by atoms with Crippen LogP contribution in [0, 0.1) is 6.92 Å². The Bertz CT molecular complexity index is 1760. The molecule has 43 heavy (non-hydrogen) atoms. The van der Waals surface area contributed by atoms with Crippen LogP contribution in [0.15, 0.2) is 77.2 Å². The minimum atomic E-state index is -0.725. The summed E-state index contributed by atoms with van der Waals surface area (Å²) in [6.45, 7) is 1.95. The van der Waals surface area contributed by atoms with Crippen molar-refractivity contribution in [3.05, 3.63) is 95.5 Å². The van der Waals surface area contributed by atoms with Crippen LogP contribution in [0.3, 0.4) is 0 Å². The monoisotopic (exact) mass is 583 g/mol. The van der Waals surface area contributed by atoms with E-state index in [1.165, 1.54) is 18.9 Å².